The van der Waals surface area contributed by atoms with E-state index in [1.54, 1.807) is 0 Å². The Labute approximate surface area is 98.0 Å². The van der Waals surface area contributed by atoms with E-state index in [2.05, 4.69) is 28.6 Å². The number of hydrogen-bond acceptors (Lipinski definition) is 2. The minimum atomic E-state index is 0.983. The van der Waals surface area contributed by atoms with E-state index in [0.717, 1.165) is 6.54 Å². The van der Waals surface area contributed by atoms with Gasteiger partial charge < -0.3 is 14.7 Å². The standard InChI is InChI=1S/C13H22N3/c1-2-9-16(8-1)10-6-15(7-11-16)13-4-3-5-14-12-13/h3-4,12,14H,1-2,5-11H2/q+1. The molecule has 3 aliphatic rings. The molecule has 3 nitrogen and oxygen atoms in total. The highest BCUT2D eigenvalue weighted by atomic mass is 15.4. The molecule has 3 heterocycles. The van der Waals surface area contributed by atoms with Crippen LogP contribution in [-0.4, -0.2) is 55.2 Å². The van der Waals surface area contributed by atoms with Gasteiger partial charge in [-0.2, -0.15) is 0 Å². The summed E-state index contributed by atoms with van der Waals surface area (Å²) in [5.74, 6) is 0. The lowest BCUT2D eigenvalue weighted by Gasteiger charge is -2.43. The van der Waals surface area contributed by atoms with Crippen LogP contribution in [0, 0.1) is 0 Å². The molecule has 16 heavy (non-hydrogen) atoms. The first-order chi connectivity index (χ1) is 7.88. The van der Waals surface area contributed by atoms with Gasteiger partial charge in [-0.05, 0) is 6.08 Å². The molecule has 0 aromatic rings. The molecular weight excluding hydrogens is 198 g/mol. The minimum absolute atomic E-state index is 0.983. The molecule has 2 fully saturated rings. The average molecular weight is 220 g/mol. The smallest absolute Gasteiger partial charge is 0.0965 e. The Bertz CT molecular complexity index is 303. The molecule has 0 atom stereocenters. The molecule has 0 aromatic heterocycles. The van der Waals surface area contributed by atoms with Gasteiger partial charge in [-0.15, -0.1) is 0 Å². The number of hydrogen-bond donors (Lipinski definition) is 1. The van der Waals surface area contributed by atoms with Crippen LogP contribution in [-0.2, 0) is 0 Å². The summed E-state index contributed by atoms with van der Waals surface area (Å²) in [5.41, 5.74) is 1.38. The van der Waals surface area contributed by atoms with Gasteiger partial charge in [0.2, 0.25) is 0 Å². The highest BCUT2D eigenvalue weighted by Crippen LogP contribution is 2.23. The van der Waals surface area contributed by atoms with Gasteiger partial charge in [0.15, 0.2) is 0 Å². The zero-order chi connectivity index (χ0) is 10.8. The van der Waals surface area contributed by atoms with Crippen LogP contribution in [0.4, 0.5) is 0 Å². The SMILES string of the molecule is C1=CC(N2CC[N+]3(CCCC3)CC2)=CNC1. The van der Waals surface area contributed by atoms with E-state index in [4.69, 9.17) is 0 Å². The molecule has 0 unspecified atom stereocenters. The molecule has 3 heteroatoms. The molecule has 3 aliphatic heterocycles. The number of allylic oxidation sites excluding steroid dienone is 1. The van der Waals surface area contributed by atoms with Crippen LogP contribution in [0.3, 0.4) is 0 Å². The lowest BCUT2D eigenvalue weighted by molar-refractivity contribution is -0.920. The van der Waals surface area contributed by atoms with Crippen LogP contribution in [0.1, 0.15) is 12.8 Å². The fraction of sp³-hybridized carbons (Fsp3) is 0.692. The Balaban J connectivity index is 1.61. The van der Waals surface area contributed by atoms with E-state index < -0.39 is 0 Å². The first-order valence-corrected chi connectivity index (χ1v) is 6.58. The fourth-order valence-corrected chi connectivity index (χ4v) is 3.26. The maximum absolute atomic E-state index is 3.30. The van der Waals surface area contributed by atoms with Crippen LogP contribution in [0.2, 0.25) is 0 Å². The molecule has 1 N–H and O–H groups in total. The predicted octanol–water partition coefficient (Wildman–Crippen LogP) is 0.913. The van der Waals surface area contributed by atoms with Crippen molar-refractivity contribution in [2.75, 3.05) is 45.8 Å². The second-order valence-corrected chi connectivity index (χ2v) is 5.31. The molecule has 3 rings (SSSR count). The average Bonchev–Trinajstić information content (AvgIpc) is 2.80. The van der Waals surface area contributed by atoms with Gasteiger partial charge >= 0.3 is 0 Å². The number of nitrogens with zero attached hydrogens (tertiary/aromatic N) is 2. The molecule has 1 spiro atoms. The second kappa shape index (κ2) is 4.13. The summed E-state index contributed by atoms with van der Waals surface area (Å²) in [7, 11) is 0. The minimum Gasteiger partial charge on any atom is -0.386 e. The second-order valence-electron chi connectivity index (χ2n) is 5.31. The van der Waals surface area contributed by atoms with E-state index >= 15 is 0 Å². The van der Waals surface area contributed by atoms with Crippen LogP contribution < -0.4 is 5.32 Å². The van der Waals surface area contributed by atoms with Crippen molar-refractivity contribution in [3.8, 4) is 0 Å². The lowest BCUT2D eigenvalue weighted by atomic mass is 10.2. The Morgan fingerprint density at radius 1 is 1.06 bits per heavy atom. The molecule has 0 aromatic carbocycles. The van der Waals surface area contributed by atoms with Gasteiger partial charge in [-0.25, -0.2) is 0 Å². The number of quaternary nitrogens is 1. The van der Waals surface area contributed by atoms with Crippen molar-refractivity contribution in [3.05, 3.63) is 24.0 Å². The van der Waals surface area contributed by atoms with Gasteiger partial charge in [0.05, 0.1) is 45.0 Å². The van der Waals surface area contributed by atoms with Crippen LogP contribution in [0.5, 0.6) is 0 Å². The van der Waals surface area contributed by atoms with Crippen molar-refractivity contribution < 1.29 is 4.48 Å². The fourth-order valence-electron chi connectivity index (χ4n) is 3.26. The molecule has 0 bridgehead atoms. The molecule has 0 saturated carbocycles. The van der Waals surface area contributed by atoms with Crippen molar-refractivity contribution in [2.45, 2.75) is 12.8 Å². The summed E-state index contributed by atoms with van der Waals surface area (Å²) in [5, 5.41) is 3.30. The Morgan fingerprint density at radius 3 is 2.44 bits per heavy atom. The molecular formula is C13H22N3+. The van der Waals surface area contributed by atoms with Crippen molar-refractivity contribution in [1.29, 1.82) is 0 Å². The topological polar surface area (TPSA) is 15.3 Å². The summed E-state index contributed by atoms with van der Waals surface area (Å²) >= 11 is 0. The highest BCUT2D eigenvalue weighted by Gasteiger charge is 2.35. The summed E-state index contributed by atoms with van der Waals surface area (Å²) in [6, 6.07) is 0. The van der Waals surface area contributed by atoms with E-state index in [1.807, 2.05) is 0 Å². The van der Waals surface area contributed by atoms with Crippen molar-refractivity contribution in [3.63, 3.8) is 0 Å². The predicted molar refractivity (Wildman–Crippen MR) is 65.8 cm³/mol. The summed E-state index contributed by atoms with van der Waals surface area (Å²) in [6.07, 6.45) is 9.54. The van der Waals surface area contributed by atoms with Gasteiger partial charge in [0.25, 0.3) is 0 Å². The Morgan fingerprint density at radius 2 is 1.81 bits per heavy atom. The van der Waals surface area contributed by atoms with Gasteiger partial charge in [-0.1, -0.05) is 6.08 Å². The van der Waals surface area contributed by atoms with Gasteiger partial charge in [-0.3, -0.25) is 0 Å². The summed E-state index contributed by atoms with van der Waals surface area (Å²) in [4.78, 5) is 2.53. The molecule has 0 amide bonds. The Kier molecular flexibility index (Phi) is 2.64. The van der Waals surface area contributed by atoms with Crippen LogP contribution in [0.15, 0.2) is 24.0 Å². The highest BCUT2D eigenvalue weighted by molar-refractivity contribution is 5.21. The first kappa shape index (κ1) is 10.2. The zero-order valence-electron chi connectivity index (χ0n) is 9.99. The third-order valence-corrected chi connectivity index (χ3v) is 4.34. The molecule has 2 saturated heterocycles. The van der Waals surface area contributed by atoms with Crippen LogP contribution >= 0.6 is 0 Å². The monoisotopic (exact) mass is 220 g/mol. The van der Waals surface area contributed by atoms with E-state index in [1.165, 1.54) is 62.3 Å². The summed E-state index contributed by atoms with van der Waals surface area (Å²) in [6.45, 7) is 9.02. The number of piperazine rings is 1. The van der Waals surface area contributed by atoms with Crippen molar-refractivity contribution >= 4 is 0 Å². The number of dihydropyridines is 1. The quantitative estimate of drug-likeness (QED) is 0.661. The van der Waals surface area contributed by atoms with Crippen LogP contribution in [0.25, 0.3) is 0 Å². The number of nitrogens with one attached hydrogen (secondary N) is 1. The van der Waals surface area contributed by atoms with E-state index in [0.29, 0.717) is 0 Å². The van der Waals surface area contributed by atoms with Crippen molar-refractivity contribution in [1.82, 2.24) is 10.2 Å². The zero-order valence-corrected chi connectivity index (χ0v) is 9.99. The van der Waals surface area contributed by atoms with E-state index in [-0.39, 0.29) is 0 Å². The van der Waals surface area contributed by atoms with Gasteiger partial charge in [0, 0.05) is 25.6 Å². The van der Waals surface area contributed by atoms with E-state index in [9.17, 15) is 0 Å². The maximum atomic E-state index is 3.30. The normalized spacial score (nSPS) is 28.0. The maximum Gasteiger partial charge on any atom is 0.0965 e. The molecule has 0 radical (unpaired) electrons. The van der Waals surface area contributed by atoms with Crippen molar-refractivity contribution in [2.24, 2.45) is 0 Å². The third kappa shape index (κ3) is 1.84. The lowest BCUT2D eigenvalue weighted by Crippen LogP contribution is -2.57. The largest absolute Gasteiger partial charge is 0.386 e. The molecule has 88 valence electrons. The summed E-state index contributed by atoms with van der Waals surface area (Å²) < 4.78 is 1.40. The molecule has 0 aliphatic carbocycles. The first-order valence-electron chi connectivity index (χ1n) is 6.58. The third-order valence-electron chi connectivity index (χ3n) is 4.34. The number of rotatable bonds is 1. The van der Waals surface area contributed by atoms with Gasteiger partial charge in [0.1, 0.15) is 0 Å². The Hall–Kier alpha value is -0.960.